The summed E-state index contributed by atoms with van der Waals surface area (Å²) in [5.41, 5.74) is 0.220. The van der Waals surface area contributed by atoms with Crippen LogP contribution in [0.25, 0.3) is 0 Å². The van der Waals surface area contributed by atoms with E-state index in [-0.39, 0.29) is 11.6 Å². The van der Waals surface area contributed by atoms with Crippen LogP contribution in [0.2, 0.25) is 0 Å². The van der Waals surface area contributed by atoms with Crippen molar-refractivity contribution in [1.82, 2.24) is 9.88 Å². The Morgan fingerprint density at radius 1 is 1.53 bits per heavy atom. The summed E-state index contributed by atoms with van der Waals surface area (Å²) in [4.78, 5) is 27.4. The summed E-state index contributed by atoms with van der Waals surface area (Å²) in [5, 5.41) is 8.70. The van der Waals surface area contributed by atoms with Crippen molar-refractivity contribution in [2.75, 3.05) is 13.6 Å². The van der Waals surface area contributed by atoms with Gasteiger partial charge in [0.2, 0.25) is 0 Å². The van der Waals surface area contributed by atoms with Crippen LogP contribution in [-0.4, -0.2) is 40.5 Å². The molecule has 0 aliphatic heterocycles. The van der Waals surface area contributed by atoms with Crippen molar-refractivity contribution in [2.45, 2.75) is 6.92 Å². The predicted octanol–water partition coefficient (Wildman–Crippen LogP) is 0.872. The molecule has 0 saturated carbocycles. The average molecular weight is 208 g/mol. The zero-order valence-electron chi connectivity index (χ0n) is 8.60. The maximum atomic E-state index is 11.7. The number of aromatic carboxylic acids is 1. The van der Waals surface area contributed by atoms with Gasteiger partial charge in [0, 0.05) is 25.4 Å². The molecule has 0 spiro atoms. The quantitative estimate of drug-likeness (QED) is 0.800. The van der Waals surface area contributed by atoms with E-state index in [0.717, 1.165) is 0 Å². The summed E-state index contributed by atoms with van der Waals surface area (Å²) < 4.78 is 0. The Bertz CT molecular complexity index is 390. The summed E-state index contributed by atoms with van der Waals surface area (Å²) >= 11 is 0. The van der Waals surface area contributed by atoms with E-state index in [0.29, 0.717) is 12.1 Å². The Morgan fingerprint density at radius 3 is 2.73 bits per heavy atom. The molecular formula is C10H12N2O3. The zero-order chi connectivity index (χ0) is 11.4. The fourth-order valence-electron chi connectivity index (χ4n) is 1.04. The van der Waals surface area contributed by atoms with Crippen molar-refractivity contribution in [3.05, 3.63) is 29.6 Å². The number of hydrogen-bond acceptors (Lipinski definition) is 3. The second-order valence-corrected chi connectivity index (χ2v) is 3.05. The Hall–Kier alpha value is -1.91. The summed E-state index contributed by atoms with van der Waals surface area (Å²) in [7, 11) is 1.66. The molecule has 0 atom stereocenters. The Labute approximate surface area is 87.4 Å². The van der Waals surface area contributed by atoms with Crippen LogP contribution in [0.3, 0.4) is 0 Å². The summed E-state index contributed by atoms with van der Waals surface area (Å²) in [5.74, 6) is -1.34. The molecule has 1 amide bonds. The third-order valence-electron chi connectivity index (χ3n) is 2.05. The molecule has 15 heavy (non-hydrogen) atoms. The van der Waals surface area contributed by atoms with E-state index in [1.165, 1.54) is 23.2 Å². The number of aromatic nitrogens is 1. The van der Waals surface area contributed by atoms with Crippen LogP contribution in [0.4, 0.5) is 0 Å². The van der Waals surface area contributed by atoms with E-state index < -0.39 is 5.97 Å². The van der Waals surface area contributed by atoms with E-state index in [2.05, 4.69) is 4.98 Å². The van der Waals surface area contributed by atoms with E-state index in [4.69, 9.17) is 5.11 Å². The minimum absolute atomic E-state index is 0.120. The maximum Gasteiger partial charge on any atom is 0.354 e. The molecule has 1 aromatic heterocycles. The van der Waals surface area contributed by atoms with Crippen molar-refractivity contribution in [2.24, 2.45) is 0 Å². The van der Waals surface area contributed by atoms with Crippen LogP contribution in [-0.2, 0) is 0 Å². The second kappa shape index (κ2) is 4.54. The SMILES string of the molecule is CCN(C)C(=O)c1ccnc(C(=O)O)c1. The van der Waals surface area contributed by atoms with Crippen molar-refractivity contribution < 1.29 is 14.7 Å². The predicted molar refractivity (Wildman–Crippen MR) is 53.8 cm³/mol. The van der Waals surface area contributed by atoms with Gasteiger partial charge in [0.05, 0.1) is 0 Å². The van der Waals surface area contributed by atoms with Gasteiger partial charge in [-0.25, -0.2) is 9.78 Å². The number of carbonyl (C=O) groups is 2. The van der Waals surface area contributed by atoms with Crippen LogP contribution in [0.15, 0.2) is 18.3 Å². The van der Waals surface area contributed by atoms with Gasteiger partial charge in [-0.05, 0) is 19.1 Å². The van der Waals surface area contributed by atoms with Gasteiger partial charge in [0.15, 0.2) is 0 Å². The lowest BCUT2D eigenvalue weighted by atomic mass is 10.2. The molecule has 5 nitrogen and oxygen atoms in total. The number of nitrogens with zero attached hydrogens (tertiary/aromatic N) is 2. The van der Waals surface area contributed by atoms with Crippen LogP contribution in [0, 0.1) is 0 Å². The molecule has 0 aliphatic carbocycles. The van der Waals surface area contributed by atoms with Gasteiger partial charge < -0.3 is 10.0 Å². The lowest BCUT2D eigenvalue weighted by Gasteiger charge is -2.14. The van der Waals surface area contributed by atoms with Gasteiger partial charge in [-0.3, -0.25) is 4.79 Å². The zero-order valence-corrected chi connectivity index (χ0v) is 8.60. The molecule has 0 bridgehead atoms. The van der Waals surface area contributed by atoms with Crippen molar-refractivity contribution in [1.29, 1.82) is 0 Å². The molecule has 1 rings (SSSR count). The first-order valence-electron chi connectivity index (χ1n) is 4.51. The lowest BCUT2D eigenvalue weighted by Crippen LogP contribution is -2.26. The molecule has 0 saturated heterocycles. The van der Waals surface area contributed by atoms with Crippen LogP contribution >= 0.6 is 0 Å². The summed E-state index contributed by atoms with van der Waals surface area (Å²) in [6.07, 6.45) is 1.32. The maximum absolute atomic E-state index is 11.7. The first-order chi connectivity index (χ1) is 7.06. The molecular weight excluding hydrogens is 196 g/mol. The van der Waals surface area contributed by atoms with Crippen molar-refractivity contribution in [3.8, 4) is 0 Å². The summed E-state index contributed by atoms with van der Waals surface area (Å²) in [6.45, 7) is 2.42. The Kier molecular flexibility index (Phi) is 3.38. The lowest BCUT2D eigenvalue weighted by molar-refractivity contribution is 0.0690. The molecule has 0 aromatic carbocycles. The number of hydrogen-bond donors (Lipinski definition) is 1. The third-order valence-corrected chi connectivity index (χ3v) is 2.05. The molecule has 0 aliphatic rings. The Balaban J connectivity index is 3.00. The molecule has 80 valence electrons. The van der Waals surface area contributed by atoms with Crippen LogP contribution in [0.5, 0.6) is 0 Å². The van der Waals surface area contributed by atoms with Gasteiger partial charge in [-0.1, -0.05) is 0 Å². The average Bonchev–Trinajstić information content (AvgIpc) is 2.27. The molecule has 0 fully saturated rings. The monoisotopic (exact) mass is 208 g/mol. The number of carboxylic acid groups (broad SMARTS) is 1. The van der Waals surface area contributed by atoms with E-state index in [1.54, 1.807) is 7.05 Å². The minimum atomic E-state index is -1.14. The topological polar surface area (TPSA) is 70.5 Å². The van der Waals surface area contributed by atoms with E-state index >= 15 is 0 Å². The Morgan fingerprint density at radius 2 is 2.20 bits per heavy atom. The number of carbonyl (C=O) groups excluding carboxylic acids is 1. The second-order valence-electron chi connectivity index (χ2n) is 3.05. The van der Waals surface area contributed by atoms with Crippen molar-refractivity contribution in [3.63, 3.8) is 0 Å². The number of amides is 1. The molecule has 1 N–H and O–H groups in total. The smallest absolute Gasteiger partial charge is 0.354 e. The van der Waals surface area contributed by atoms with Crippen molar-refractivity contribution >= 4 is 11.9 Å². The van der Waals surface area contributed by atoms with E-state index in [9.17, 15) is 9.59 Å². The molecule has 0 unspecified atom stereocenters. The minimum Gasteiger partial charge on any atom is -0.477 e. The number of pyridine rings is 1. The fraction of sp³-hybridized carbons (Fsp3) is 0.300. The fourth-order valence-corrected chi connectivity index (χ4v) is 1.04. The molecule has 1 heterocycles. The van der Waals surface area contributed by atoms with Gasteiger partial charge in [-0.15, -0.1) is 0 Å². The van der Waals surface area contributed by atoms with Gasteiger partial charge in [0.1, 0.15) is 5.69 Å². The highest BCUT2D eigenvalue weighted by molar-refractivity contribution is 5.96. The van der Waals surface area contributed by atoms with Crippen LogP contribution in [0.1, 0.15) is 27.8 Å². The van der Waals surface area contributed by atoms with Gasteiger partial charge in [0.25, 0.3) is 5.91 Å². The first kappa shape index (κ1) is 11.2. The van der Waals surface area contributed by atoms with Crippen LogP contribution < -0.4 is 0 Å². The standard InChI is InChI=1S/C10H12N2O3/c1-3-12(2)9(13)7-4-5-11-8(6-7)10(14)15/h4-6H,3H2,1-2H3,(H,14,15). The van der Waals surface area contributed by atoms with Gasteiger partial charge in [-0.2, -0.15) is 0 Å². The van der Waals surface area contributed by atoms with Gasteiger partial charge >= 0.3 is 5.97 Å². The first-order valence-corrected chi connectivity index (χ1v) is 4.51. The molecule has 0 radical (unpaired) electrons. The highest BCUT2D eigenvalue weighted by Gasteiger charge is 2.12. The molecule has 1 aromatic rings. The third kappa shape index (κ3) is 2.52. The molecule has 5 heteroatoms. The largest absolute Gasteiger partial charge is 0.477 e. The number of carboxylic acids is 1. The highest BCUT2D eigenvalue weighted by Crippen LogP contribution is 2.05. The summed E-state index contributed by atoms with van der Waals surface area (Å²) in [6, 6.07) is 2.78. The normalized spacial score (nSPS) is 9.73. The van der Waals surface area contributed by atoms with E-state index in [1.807, 2.05) is 6.92 Å². The number of rotatable bonds is 3. The highest BCUT2D eigenvalue weighted by atomic mass is 16.4.